The maximum absolute atomic E-state index is 13.8. The largest absolute Gasteiger partial charge is 0.465 e. The molecule has 0 saturated heterocycles. The second-order valence-electron chi connectivity index (χ2n) is 8.74. The molecule has 4 aromatic rings. The van der Waals surface area contributed by atoms with Crippen LogP contribution >= 0.6 is 34.5 Å². The quantitative estimate of drug-likeness (QED) is 0.285. The van der Waals surface area contributed by atoms with Gasteiger partial charge < -0.3 is 13.9 Å². The summed E-state index contributed by atoms with van der Waals surface area (Å²) in [5.74, 6) is -0.147. The second-order valence-corrected chi connectivity index (χ2v) is 10.6. The zero-order chi connectivity index (χ0) is 28.6. The molecule has 1 atom stereocenters. The van der Waals surface area contributed by atoms with Gasteiger partial charge in [-0.15, -0.1) is 0 Å². The predicted octanol–water partition coefficient (Wildman–Crippen LogP) is 5.15. The average Bonchev–Trinajstić information content (AvgIpc) is 3.53. The number of fused-ring (bicyclic) bond motifs is 1. The van der Waals surface area contributed by atoms with Crippen molar-refractivity contribution in [1.29, 1.82) is 0 Å². The molecule has 3 heterocycles. The van der Waals surface area contributed by atoms with Crippen molar-refractivity contribution in [1.82, 2.24) is 4.57 Å². The lowest BCUT2D eigenvalue weighted by Crippen LogP contribution is -2.39. The van der Waals surface area contributed by atoms with E-state index in [0.29, 0.717) is 53.3 Å². The molecule has 0 radical (unpaired) electrons. The fourth-order valence-electron chi connectivity index (χ4n) is 4.42. The minimum atomic E-state index is -0.818. The molecule has 0 aliphatic carbocycles. The molecule has 11 heteroatoms. The van der Waals surface area contributed by atoms with Crippen molar-refractivity contribution in [2.75, 3.05) is 13.7 Å². The number of halogens is 2. The van der Waals surface area contributed by atoms with E-state index < -0.39 is 18.0 Å². The molecule has 40 heavy (non-hydrogen) atoms. The fraction of sp³-hybridized carbons (Fsp3) is 0.172. The highest BCUT2D eigenvalue weighted by atomic mass is 35.5. The van der Waals surface area contributed by atoms with Gasteiger partial charge in [-0.1, -0.05) is 46.7 Å². The van der Waals surface area contributed by atoms with Crippen LogP contribution in [0.1, 0.15) is 41.6 Å². The van der Waals surface area contributed by atoms with Crippen LogP contribution in [0.3, 0.4) is 0 Å². The first kappa shape index (κ1) is 27.6. The zero-order valence-corrected chi connectivity index (χ0v) is 23.9. The normalized spacial score (nSPS) is 15.0. The number of carbonyl (C=O) groups excluding carboxylic acids is 2. The molecular formula is C29H22Cl2N2O6S. The van der Waals surface area contributed by atoms with Crippen molar-refractivity contribution in [3.05, 3.63) is 112 Å². The Kier molecular flexibility index (Phi) is 7.80. The maximum atomic E-state index is 13.8. The second kappa shape index (κ2) is 11.3. The molecule has 1 aliphatic rings. The third-order valence-corrected chi connectivity index (χ3v) is 7.81. The van der Waals surface area contributed by atoms with E-state index in [9.17, 15) is 14.4 Å². The minimum absolute atomic E-state index is 0.158. The van der Waals surface area contributed by atoms with Crippen LogP contribution in [0.2, 0.25) is 10.0 Å². The van der Waals surface area contributed by atoms with Gasteiger partial charge >= 0.3 is 11.9 Å². The molecule has 5 rings (SSSR count). The van der Waals surface area contributed by atoms with Crippen LogP contribution in [0, 0.1) is 0 Å². The van der Waals surface area contributed by atoms with E-state index in [1.165, 1.54) is 23.0 Å². The van der Waals surface area contributed by atoms with Crippen molar-refractivity contribution in [2.24, 2.45) is 4.99 Å². The number of benzene rings is 2. The molecule has 0 spiro atoms. The zero-order valence-electron chi connectivity index (χ0n) is 21.6. The number of methoxy groups -OCH3 is 1. The highest BCUT2D eigenvalue weighted by Gasteiger charge is 2.33. The SMILES string of the molecule is CCOC(=O)C1=C(C)N=c2sc(=Cc3ccc(-c4cc(Cl)ccc4Cl)o3)c(=O)n2C1c1ccc(C(=O)OC)cc1. The van der Waals surface area contributed by atoms with Gasteiger partial charge in [0.2, 0.25) is 0 Å². The van der Waals surface area contributed by atoms with Crippen molar-refractivity contribution in [3.63, 3.8) is 0 Å². The summed E-state index contributed by atoms with van der Waals surface area (Å²) in [6, 6.07) is 14.2. The molecule has 0 fully saturated rings. The van der Waals surface area contributed by atoms with Gasteiger partial charge in [-0.25, -0.2) is 14.6 Å². The number of hydrogen-bond acceptors (Lipinski definition) is 8. The predicted molar refractivity (Wildman–Crippen MR) is 152 cm³/mol. The number of allylic oxidation sites excluding steroid dienone is 1. The molecule has 1 aliphatic heterocycles. The van der Waals surface area contributed by atoms with Crippen molar-refractivity contribution in [3.8, 4) is 11.3 Å². The van der Waals surface area contributed by atoms with Crippen molar-refractivity contribution < 1.29 is 23.5 Å². The first-order valence-corrected chi connectivity index (χ1v) is 13.7. The minimum Gasteiger partial charge on any atom is -0.465 e. The van der Waals surface area contributed by atoms with E-state index >= 15 is 0 Å². The smallest absolute Gasteiger partial charge is 0.338 e. The van der Waals surface area contributed by atoms with Crippen LogP contribution in [-0.4, -0.2) is 30.2 Å². The van der Waals surface area contributed by atoms with E-state index in [0.717, 1.165) is 0 Å². The topological polar surface area (TPSA) is 100 Å². The Morgan fingerprint density at radius 1 is 1.10 bits per heavy atom. The molecule has 204 valence electrons. The molecule has 0 bridgehead atoms. The molecular weight excluding hydrogens is 575 g/mol. The first-order valence-electron chi connectivity index (χ1n) is 12.1. The fourth-order valence-corrected chi connectivity index (χ4v) is 5.83. The highest BCUT2D eigenvalue weighted by molar-refractivity contribution is 7.07. The molecule has 0 N–H and O–H groups in total. The molecule has 8 nitrogen and oxygen atoms in total. The molecule has 2 aromatic heterocycles. The van der Waals surface area contributed by atoms with E-state index in [4.69, 9.17) is 37.1 Å². The summed E-state index contributed by atoms with van der Waals surface area (Å²) in [4.78, 5) is 43.8. The van der Waals surface area contributed by atoms with Crippen molar-refractivity contribution in [2.45, 2.75) is 19.9 Å². The van der Waals surface area contributed by atoms with Gasteiger partial charge in [0.05, 0.1) is 46.1 Å². The summed E-state index contributed by atoms with van der Waals surface area (Å²) in [6.07, 6.45) is 1.62. The van der Waals surface area contributed by atoms with Crippen LogP contribution < -0.4 is 14.9 Å². The van der Waals surface area contributed by atoms with Gasteiger partial charge in [-0.2, -0.15) is 0 Å². The van der Waals surface area contributed by atoms with Gasteiger partial charge in [0, 0.05) is 16.7 Å². The monoisotopic (exact) mass is 596 g/mol. The van der Waals surface area contributed by atoms with Gasteiger partial charge in [0.25, 0.3) is 5.56 Å². The lowest BCUT2D eigenvalue weighted by Gasteiger charge is -2.24. The Hall–Kier alpha value is -3.92. The number of esters is 2. The van der Waals surface area contributed by atoms with Crippen LogP contribution in [-0.2, 0) is 14.3 Å². The standard InChI is InChI=1S/C29H22Cl2N2O6S/c1-4-38-28(36)24-15(2)32-29-33(25(24)16-5-7-17(8-6-16)27(35)37-3)26(34)23(40-29)14-19-10-12-22(39-19)20-13-18(30)9-11-21(20)31/h5-14,25H,4H2,1-3H3. The average molecular weight is 597 g/mol. The third-order valence-electron chi connectivity index (χ3n) is 6.26. The lowest BCUT2D eigenvalue weighted by molar-refractivity contribution is -0.139. The van der Waals surface area contributed by atoms with Gasteiger partial charge in [-0.05, 0) is 61.9 Å². The third kappa shape index (κ3) is 5.15. The summed E-state index contributed by atoms with van der Waals surface area (Å²) in [6.45, 7) is 3.57. The van der Waals surface area contributed by atoms with E-state index in [-0.39, 0.29) is 17.7 Å². The number of nitrogens with zero attached hydrogens (tertiary/aromatic N) is 2. The molecule has 0 amide bonds. The molecule has 2 aromatic carbocycles. The van der Waals surface area contributed by atoms with Gasteiger partial charge in [0.15, 0.2) is 4.80 Å². The van der Waals surface area contributed by atoms with Gasteiger partial charge in [0.1, 0.15) is 11.5 Å². The molecule has 0 saturated carbocycles. The first-order chi connectivity index (χ1) is 19.2. The number of rotatable bonds is 6. The number of furan rings is 1. The highest BCUT2D eigenvalue weighted by Crippen LogP contribution is 2.33. The Balaban J connectivity index is 1.63. The number of hydrogen-bond donors (Lipinski definition) is 0. The summed E-state index contributed by atoms with van der Waals surface area (Å²) in [5.41, 5.74) is 1.88. The van der Waals surface area contributed by atoms with E-state index in [1.807, 2.05) is 0 Å². The van der Waals surface area contributed by atoms with Gasteiger partial charge in [-0.3, -0.25) is 9.36 Å². The van der Waals surface area contributed by atoms with Crippen LogP contribution in [0.25, 0.3) is 17.4 Å². The summed E-state index contributed by atoms with van der Waals surface area (Å²) >= 11 is 13.6. The van der Waals surface area contributed by atoms with E-state index in [1.54, 1.807) is 74.5 Å². The summed E-state index contributed by atoms with van der Waals surface area (Å²) in [5, 5.41) is 0.989. The Morgan fingerprint density at radius 3 is 2.55 bits per heavy atom. The summed E-state index contributed by atoms with van der Waals surface area (Å²) < 4.78 is 17.9. The van der Waals surface area contributed by atoms with Crippen LogP contribution in [0.5, 0.6) is 0 Å². The number of aromatic nitrogens is 1. The lowest BCUT2D eigenvalue weighted by atomic mass is 9.95. The van der Waals surface area contributed by atoms with E-state index in [2.05, 4.69) is 4.99 Å². The maximum Gasteiger partial charge on any atom is 0.338 e. The summed E-state index contributed by atoms with van der Waals surface area (Å²) in [7, 11) is 1.30. The van der Waals surface area contributed by atoms with Crippen molar-refractivity contribution >= 4 is 52.6 Å². The Labute approximate surface area is 242 Å². The Bertz CT molecular complexity index is 1850. The Morgan fingerprint density at radius 2 is 1.85 bits per heavy atom. The molecule has 1 unspecified atom stereocenters. The number of carbonyl (C=O) groups is 2. The number of thiazole rings is 1. The van der Waals surface area contributed by atoms with Crippen LogP contribution in [0.15, 0.2) is 80.1 Å². The van der Waals surface area contributed by atoms with Crippen LogP contribution in [0.4, 0.5) is 0 Å². The number of ether oxygens (including phenoxy) is 2.